The van der Waals surface area contributed by atoms with Crippen LogP contribution in [-0.2, 0) is 4.74 Å². The van der Waals surface area contributed by atoms with Crippen molar-refractivity contribution in [1.29, 1.82) is 0 Å². The summed E-state index contributed by atoms with van der Waals surface area (Å²) < 4.78 is 11.3. The first-order valence-corrected chi connectivity index (χ1v) is 6.39. The lowest BCUT2D eigenvalue weighted by Gasteiger charge is -2.31. The Hall–Kier alpha value is -1.06. The molecule has 0 aliphatic carbocycles. The second kappa shape index (κ2) is 6.03. The maximum Gasteiger partial charge on any atom is 0.119 e. The third-order valence-corrected chi connectivity index (χ3v) is 3.27. The summed E-state index contributed by atoms with van der Waals surface area (Å²) >= 11 is 0. The van der Waals surface area contributed by atoms with Crippen molar-refractivity contribution in [3.8, 4) is 5.75 Å². The van der Waals surface area contributed by atoms with Crippen LogP contribution in [0.1, 0.15) is 31.4 Å². The Bertz CT molecular complexity index is 337. The summed E-state index contributed by atoms with van der Waals surface area (Å²) in [7, 11) is 0. The van der Waals surface area contributed by atoms with E-state index in [0.29, 0.717) is 19.1 Å². The van der Waals surface area contributed by atoms with Crippen LogP contribution in [0.25, 0.3) is 0 Å². The topological polar surface area (TPSA) is 44.5 Å². The van der Waals surface area contributed by atoms with E-state index in [-0.39, 0.29) is 6.10 Å². The van der Waals surface area contributed by atoms with Crippen molar-refractivity contribution in [2.45, 2.75) is 25.9 Å². The molecule has 1 fully saturated rings. The van der Waals surface area contributed by atoms with E-state index in [1.54, 1.807) is 0 Å². The number of rotatable bonds is 4. The third-order valence-electron chi connectivity index (χ3n) is 3.27. The summed E-state index contributed by atoms with van der Waals surface area (Å²) in [5.74, 6) is 1.36. The van der Waals surface area contributed by atoms with Gasteiger partial charge in [0.15, 0.2) is 0 Å². The van der Waals surface area contributed by atoms with Crippen molar-refractivity contribution in [3.05, 3.63) is 29.8 Å². The van der Waals surface area contributed by atoms with Crippen LogP contribution in [0.5, 0.6) is 5.75 Å². The van der Waals surface area contributed by atoms with Gasteiger partial charge in [-0.25, -0.2) is 0 Å². The minimum Gasteiger partial charge on any atom is -0.494 e. The summed E-state index contributed by atoms with van der Waals surface area (Å²) in [6.07, 6.45) is 2.44. The molecule has 0 radical (unpaired) electrons. The van der Waals surface area contributed by atoms with Gasteiger partial charge < -0.3 is 15.2 Å². The second-order valence-electron chi connectivity index (χ2n) is 4.43. The molecular weight excluding hydrogens is 214 g/mol. The van der Waals surface area contributed by atoms with Crippen molar-refractivity contribution in [2.75, 3.05) is 19.8 Å². The Morgan fingerprint density at radius 2 is 2.12 bits per heavy atom. The smallest absolute Gasteiger partial charge is 0.119 e. The number of nitrogens with two attached hydrogens (primary N) is 1. The molecule has 1 aliphatic heterocycles. The molecule has 0 bridgehead atoms. The van der Waals surface area contributed by atoms with Crippen LogP contribution in [0, 0.1) is 5.92 Å². The molecule has 94 valence electrons. The van der Waals surface area contributed by atoms with Crippen molar-refractivity contribution in [2.24, 2.45) is 11.7 Å². The first-order valence-electron chi connectivity index (χ1n) is 6.39. The van der Waals surface area contributed by atoms with E-state index >= 15 is 0 Å². The molecule has 2 N–H and O–H groups in total. The van der Waals surface area contributed by atoms with Gasteiger partial charge in [-0.05, 0) is 44.0 Å². The Morgan fingerprint density at radius 1 is 1.35 bits per heavy atom. The molecule has 0 saturated carbocycles. The molecular formula is C14H21NO2. The average molecular weight is 235 g/mol. The van der Waals surface area contributed by atoms with Crippen molar-refractivity contribution >= 4 is 0 Å². The predicted molar refractivity (Wildman–Crippen MR) is 68.1 cm³/mol. The highest BCUT2D eigenvalue weighted by Gasteiger charge is 2.26. The quantitative estimate of drug-likeness (QED) is 0.872. The van der Waals surface area contributed by atoms with Crippen LogP contribution in [0.4, 0.5) is 0 Å². The summed E-state index contributed by atoms with van der Waals surface area (Å²) in [5.41, 5.74) is 7.02. The van der Waals surface area contributed by atoms with Crippen molar-refractivity contribution < 1.29 is 9.47 Å². The molecule has 17 heavy (non-hydrogen) atoms. The minimum atomic E-state index is 0.157. The van der Waals surface area contributed by atoms with E-state index < -0.39 is 0 Å². The summed E-state index contributed by atoms with van der Waals surface area (Å²) in [6.45, 7) is 4.22. The number of ether oxygens (including phenoxy) is 2. The number of benzene rings is 1. The molecule has 2 atom stereocenters. The van der Waals surface area contributed by atoms with Gasteiger partial charge in [0.05, 0.1) is 12.7 Å². The zero-order chi connectivity index (χ0) is 12.1. The van der Waals surface area contributed by atoms with E-state index in [1.807, 2.05) is 19.1 Å². The zero-order valence-electron chi connectivity index (χ0n) is 10.4. The molecule has 1 aromatic rings. The van der Waals surface area contributed by atoms with Gasteiger partial charge in [-0.15, -0.1) is 0 Å². The van der Waals surface area contributed by atoms with Gasteiger partial charge in [0, 0.05) is 12.5 Å². The molecule has 2 rings (SSSR count). The van der Waals surface area contributed by atoms with Crippen LogP contribution in [0.2, 0.25) is 0 Å². The van der Waals surface area contributed by atoms with Crippen LogP contribution in [0.15, 0.2) is 24.3 Å². The summed E-state index contributed by atoms with van der Waals surface area (Å²) in [6, 6.07) is 8.18. The molecule has 3 heteroatoms. The van der Waals surface area contributed by atoms with Crippen LogP contribution >= 0.6 is 0 Å². The molecule has 0 spiro atoms. The Morgan fingerprint density at radius 3 is 2.76 bits per heavy atom. The summed E-state index contributed by atoms with van der Waals surface area (Å²) in [5, 5.41) is 0. The highest BCUT2D eigenvalue weighted by molar-refractivity contribution is 5.29. The monoisotopic (exact) mass is 235 g/mol. The van der Waals surface area contributed by atoms with Crippen LogP contribution < -0.4 is 10.5 Å². The first-order chi connectivity index (χ1) is 8.35. The molecule has 1 heterocycles. The van der Waals surface area contributed by atoms with Gasteiger partial charge in [0.1, 0.15) is 5.75 Å². The lowest BCUT2D eigenvalue weighted by Crippen LogP contribution is -2.28. The Kier molecular flexibility index (Phi) is 4.40. The maximum absolute atomic E-state index is 5.85. The van der Waals surface area contributed by atoms with Crippen molar-refractivity contribution in [1.82, 2.24) is 0 Å². The van der Waals surface area contributed by atoms with Crippen molar-refractivity contribution in [3.63, 3.8) is 0 Å². The SMILES string of the molecule is CCOc1ccc(C2OCCCC2CN)cc1. The summed E-state index contributed by atoms with van der Waals surface area (Å²) in [4.78, 5) is 0. The van der Waals surface area contributed by atoms with Gasteiger partial charge in [0.2, 0.25) is 0 Å². The fourth-order valence-corrected chi connectivity index (χ4v) is 2.37. The lowest BCUT2D eigenvalue weighted by atomic mass is 9.89. The second-order valence-corrected chi connectivity index (χ2v) is 4.43. The van der Waals surface area contributed by atoms with E-state index in [9.17, 15) is 0 Å². The van der Waals surface area contributed by atoms with E-state index in [2.05, 4.69) is 12.1 Å². The number of hydrogen-bond donors (Lipinski definition) is 1. The van der Waals surface area contributed by atoms with Gasteiger partial charge in [-0.1, -0.05) is 12.1 Å². The highest BCUT2D eigenvalue weighted by Crippen LogP contribution is 2.33. The third kappa shape index (κ3) is 2.99. The Balaban J connectivity index is 2.09. The molecule has 0 aromatic heterocycles. The van der Waals surface area contributed by atoms with Gasteiger partial charge >= 0.3 is 0 Å². The fourth-order valence-electron chi connectivity index (χ4n) is 2.37. The average Bonchev–Trinajstić information content (AvgIpc) is 2.40. The molecule has 1 saturated heterocycles. The zero-order valence-corrected chi connectivity index (χ0v) is 10.4. The number of hydrogen-bond acceptors (Lipinski definition) is 3. The van der Waals surface area contributed by atoms with Gasteiger partial charge in [-0.2, -0.15) is 0 Å². The van der Waals surface area contributed by atoms with Crippen LogP contribution in [0.3, 0.4) is 0 Å². The van der Waals surface area contributed by atoms with Gasteiger partial charge in [0.25, 0.3) is 0 Å². The normalized spacial score (nSPS) is 24.6. The van der Waals surface area contributed by atoms with Crippen LogP contribution in [-0.4, -0.2) is 19.8 Å². The largest absolute Gasteiger partial charge is 0.494 e. The standard InChI is InChI=1S/C14H21NO2/c1-2-16-13-7-5-11(6-8-13)14-12(10-15)4-3-9-17-14/h5-8,12,14H,2-4,9-10,15H2,1H3. The van der Waals surface area contributed by atoms with E-state index in [1.165, 1.54) is 5.56 Å². The van der Waals surface area contributed by atoms with E-state index in [0.717, 1.165) is 25.2 Å². The Labute approximate surface area is 103 Å². The molecule has 2 unspecified atom stereocenters. The fraction of sp³-hybridized carbons (Fsp3) is 0.571. The highest BCUT2D eigenvalue weighted by atomic mass is 16.5. The van der Waals surface area contributed by atoms with Gasteiger partial charge in [-0.3, -0.25) is 0 Å². The molecule has 3 nitrogen and oxygen atoms in total. The van der Waals surface area contributed by atoms with E-state index in [4.69, 9.17) is 15.2 Å². The lowest BCUT2D eigenvalue weighted by molar-refractivity contribution is -0.0251. The first kappa shape index (κ1) is 12.4. The molecule has 1 aromatic carbocycles. The maximum atomic E-state index is 5.85. The molecule has 1 aliphatic rings. The predicted octanol–water partition coefficient (Wildman–Crippen LogP) is 2.51. The minimum absolute atomic E-state index is 0.157. The molecule has 0 amide bonds.